The molecule has 0 aliphatic carbocycles. The van der Waals surface area contributed by atoms with Crippen LogP contribution in [0, 0.1) is 0 Å². The third-order valence-corrected chi connectivity index (χ3v) is 24.2. The Balaban J connectivity index is 2.17. The summed E-state index contributed by atoms with van der Waals surface area (Å²) in [5.74, 6) is 0.0387. The summed E-state index contributed by atoms with van der Waals surface area (Å²) >= 11 is 0. The molecule has 2 aromatic rings. The van der Waals surface area contributed by atoms with E-state index < -0.39 is 49.3 Å². The summed E-state index contributed by atoms with van der Waals surface area (Å²) in [6.45, 7) is 35.9. The van der Waals surface area contributed by atoms with Crippen LogP contribution in [0.15, 0.2) is 12.7 Å². The zero-order valence-electron chi connectivity index (χ0n) is 31.5. The van der Waals surface area contributed by atoms with E-state index >= 15 is 0 Å². The van der Waals surface area contributed by atoms with E-state index in [-0.39, 0.29) is 27.3 Å². The molecule has 1 aliphatic rings. The molecule has 1 N–H and O–H groups in total. The third kappa shape index (κ3) is 8.12. The second-order valence-corrected chi connectivity index (χ2v) is 31.6. The van der Waals surface area contributed by atoms with E-state index in [0.29, 0.717) is 23.6 Å². The van der Waals surface area contributed by atoms with Crippen LogP contribution in [-0.4, -0.2) is 88.5 Å². The molecule has 3 rings (SSSR count). The number of fused-ring (bicyclic) bond motifs is 1. The van der Waals surface area contributed by atoms with Gasteiger partial charge in [0, 0.05) is 0 Å². The van der Waals surface area contributed by atoms with Gasteiger partial charge < -0.3 is 28.1 Å². The van der Waals surface area contributed by atoms with Crippen LogP contribution < -0.4 is 5.32 Å². The van der Waals surface area contributed by atoms with Crippen LogP contribution >= 0.6 is 0 Å². The van der Waals surface area contributed by atoms with Gasteiger partial charge in [0.05, 0.1) is 20.0 Å². The predicted octanol–water partition coefficient (Wildman–Crippen LogP) is 7.50. The van der Waals surface area contributed by atoms with E-state index in [2.05, 4.69) is 117 Å². The minimum absolute atomic E-state index is 0.0245. The van der Waals surface area contributed by atoms with E-state index in [1.54, 1.807) is 13.3 Å². The van der Waals surface area contributed by atoms with Crippen molar-refractivity contribution in [3.63, 3.8) is 0 Å². The molecule has 5 atom stereocenters. The normalized spacial score (nSPS) is 22.7. The molecule has 46 heavy (non-hydrogen) atoms. The molecule has 1 aliphatic heterocycles. The van der Waals surface area contributed by atoms with Gasteiger partial charge in [-0.15, -0.1) is 0 Å². The Hall–Kier alpha value is -1.69. The quantitative estimate of drug-likeness (QED) is 0.187. The smallest absolute Gasteiger partial charge is 0.328 e. The van der Waals surface area contributed by atoms with Crippen LogP contribution in [0.3, 0.4) is 0 Å². The maximum atomic E-state index is 12.2. The second kappa shape index (κ2) is 13.3. The summed E-state index contributed by atoms with van der Waals surface area (Å²) in [7, 11) is -5.37. The number of nitrogens with one attached hydrogen (secondary N) is 1. The van der Waals surface area contributed by atoms with Gasteiger partial charge in [-0.2, -0.15) is 0 Å². The van der Waals surface area contributed by atoms with Crippen molar-refractivity contribution in [2.24, 2.45) is 0 Å². The maximum Gasteiger partial charge on any atom is 0.328 e. The van der Waals surface area contributed by atoms with Crippen molar-refractivity contribution in [3.05, 3.63) is 12.7 Å². The molecular weight excluding hydrogens is 635 g/mol. The Labute approximate surface area is 280 Å². The first-order chi connectivity index (χ1) is 20.7. The first-order valence-corrected chi connectivity index (χ1v) is 25.1. The van der Waals surface area contributed by atoms with Crippen LogP contribution in [0.4, 0.5) is 5.82 Å². The van der Waals surface area contributed by atoms with Crippen LogP contribution in [0.25, 0.3) is 11.2 Å². The van der Waals surface area contributed by atoms with Crippen LogP contribution in [0.5, 0.6) is 0 Å². The lowest BCUT2D eigenvalue weighted by atomic mass is 10.1. The highest BCUT2D eigenvalue weighted by Gasteiger charge is 2.55. The van der Waals surface area contributed by atoms with Gasteiger partial charge in [0.1, 0.15) is 30.7 Å². The highest BCUT2D eigenvalue weighted by atomic mass is 28.4. The van der Waals surface area contributed by atoms with E-state index in [0.717, 1.165) is 0 Å². The Bertz CT molecular complexity index is 1360. The van der Waals surface area contributed by atoms with Gasteiger partial charge >= 0.3 is 5.97 Å². The van der Waals surface area contributed by atoms with Gasteiger partial charge in [-0.25, -0.2) is 19.7 Å². The van der Waals surface area contributed by atoms with Crippen molar-refractivity contribution in [2.75, 3.05) is 19.0 Å². The fourth-order valence-electron chi connectivity index (χ4n) is 4.46. The Morgan fingerprint density at radius 3 is 1.89 bits per heavy atom. The van der Waals surface area contributed by atoms with Gasteiger partial charge in [0.15, 0.2) is 48.2 Å². The minimum Gasteiger partial charge on any atom is -0.467 e. The average Bonchev–Trinajstić information content (AvgIpc) is 3.46. The van der Waals surface area contributed by atoms with Crippen LogP contribution in [0.2, 0.25) is 54.4 Å². The molecule has 3 heterocycles. The second-order valence-electron chi connectivity index (χ2n) is 17.3. The fourth-order valence-corrected chi connectivity index (χ4v) is 8.08. The van der Waals surface area contributed by atoms with Gasteiger partial charge in [-0.3, -0.25) is 4.57 Å². The number of methoxy groups -OCH3 is 1. The van der Waals surface area contributed by atoms with Crippen molar-refractivity contribution in [1.82, 2.24) is 19.5 Å². The first-order valence-electron chi connectivity index (χ1n) is 16.4. The van der Waals surface area contributed by atoms with Crippen molar-refractivity contribution in [1.29, 1.82) is 0 Å². The lowest BCUT2D eigenvalue weighted by Crippen LogP contribution is -2.54. The summed E-state index contributed by atoms with van der Waals surface area (Å²) in [6.07, 6.45) is 1.41. The summed E-state index contributed by atoms with van der Waals surface area (Å²) < 4.78 is 35.2. The van der Waals surface area contributed by atoms with Gasteiger partial charge in [0.25, 0.3) is 0 Å². The third-order valence-electron chi connectivity index (χ3n) is 10.7. The number of imidazole rings is 1. The minimum atomic E-state index is -2.33. The maximum absolute atomic E-state index is 12.2. The lowest BCUT2D eigenvalue weighted by Gasteiger charge is -2.44. The summed E-state index contributed by atoms with van der Waals surface area (Å²) in [6, 6.07) is -0.620. The number of ether oxygens (including phenoxy) is 2. The Morgan fingerprint density at radius 1 is 0.870 bits per heavy atom. The fraction of sp³-hybridized carbons (Fsp3) is 0.812. The summed E-state index contributed by atoms with van der Waals surface area (Å²) in [5, 5.41) is 3.09. The molecule has 11 nitrogen and oxygen atoms in total. The molecule has 0 spiro atoms. The molecule has 2 aromatic heterocycles. The number of nitrogens with zero attached hydrogens (tertiary/aromatic N) is 4. The largest absolute Gasteiger partial charge is 0.467 e. The van der Waals surface area contributed by atoms with E-state index in [1.807, 2.05) is 4.57 Å². The number of carbonyl (C=O) groups excluding carboxylic acids is 1. The number of aromatic nitrogens is 4. The molecule has 0 unspecified atom stereocenters. The first kappa shape index (κ1) is 38.8. The predicted molar refractivity (Wildman–Crippen MR) is 192 cm³/mol. The van der Waals surface area contributed by atoms with E-state index in [9.17, 15) is 4.79 Å². The van der Waals surface area contributed by atoms with Gasteiger partial charge in [-0.05, 0) is 61.3 Å². The Kier molecular flexibility index (Phi) is 11.2. The van der Waals surface area contributed by atoms with E-state index in [4.69, 9.17) is 27.7 Å². The molecule has 1 fully saturated rings. The number of esters is 1. The highest BCUT2D eigenvalue weighted by Crippen LogP contribution is 2.47. The van der Waals surface area contributed by atoms with Crippen LogP contribution in [0.1, 0.15) is 75.5 Å². The van der Waals surface area contributed by atoms with Crippen LogP contribution in [-0.2, 0) is 27.5 Å². The molecule has 262 valence electrons. The summed E-state index contributed by atoms with van der Waals surface area (Å²) in [5.41, 5.74) is 1.09. The molecule has 0 aromatic carbocycles. The zero-order valence-corrected chi connectivity index (χ0v) is 34.5. The number of rotatable bonds is 11. The molecule has 0 radical (unpaired) electrons. The van der Waals surface area contributed by atoms with Crippen molar-refractivity contribution < 1.29 is 27.5 Å². The number of carbonyl (C=O) groups is 1. The monoisotopic (exact) mass is 695 g/mol. The van der Waals surface area contributed by atoms with E-state index in [1.165, 1.54) is 13.4 Å². The molecule has 1 saturated heterocycles. The summed E-state index contributed by atoms with van der Waals surface area (Å²) in [4.78, 5) is 25.9. The molecule has 0 saturated carbocycles. The highest BCUT2D eigenvalue weighted by molar-refractivity contribution is 6.75. The average molecular weight is 696 g/mol. The zero-order chi connectivity index (χ0) is 35.3. The number of anilines is 1. The number of hydrogen-bond donors (Lipinski definition) is 1. The Morgan fingerprint density at radius 2 is 1.39 bits per heavy atom. The standard InChI is InChI=1S/C32H61N5O6Si3/c1-21(29(38)39-11)36-26-23-27(34-19-33-26)37(20-35-23)28-25(43-46(16,17)32(8,9)10)24(42-45(14,15)31(5,6)7)22(41-28)18-40-44(12,13)30(2,3)4/h19-22,24-25,28H,18H2,1-17H3,(H,33,34,36)/t21-,22+,24+,25+,28+/m0/s1. The van der Waals surface area contributed by atoms with Crippen molar-refractivity contribution in [2.45, 2.75) is 154 Å². The molecular formula is C32H61N5O6Si3. The van der Waals surface area contributed by atoms with Crippen molar-refractivity contribution in [3.8, 4) is 0 Å². The topological polar surface area (TPSA) is 119 Å². The van der Waals surface area contributed by atoms with Gasteiger partial charge in [0.2, 0.25) is 0 Å². The number of hydrogen-bond acceptors (Lipinski definition) is 10. The molecule has 14 heteroatoms. The SMILES string of the molecule is COC(=O)[C@H](C)Nc1ncnc2c1ncn2[C@@H]1O[C@H](CO[Si](C)(C)C(C)(C)C)[C@@H](O[Si](C)(C)C(C)(C)C)[C@H]1O[Si](C)(C)C(C)(C)C. The molecule has 0 amide bonds. The lowest BCUT2D eigenvalue weighted by molar-refractivity contribution is -0.141. The molecule has 0 bridgehead atoms. The van der Waals surface area contributed by atoms with Gasteiger partial charge in [-0.1, -0.05) is 62.3 Å². The van der Waals surface area contributed by atoms with Crippen molar-refractivity contribution >= 4 is 47.9 Å².